The van der Waals surface area contributed by atoms with E-state index in [9.17, 15) is 0 Å². The molecule has 1 saturated heterocycles. The Labute approximate surface area is 111 Å². The molecule has 0 unspecified atom stereocenters. The maximum Gasteiger partial charge on any atom is 0.276 e. The molecule has 6 nitrogen and oxygen atoms in total. The van der Waals surface area contributed by atoms with Gasteiger partial charge in [-0.05, 0) is 19.1 Å². The first-order chi connectivity index (χ1) is 9.31. The van der Waals surface area contributed by atoms with E-state index in [2.05, 4.69) is 25.3 Å². The molecule has 3 rings (SSSR count). The number of hydrogen-bond donors (Lipinski definition) is 1. The summed E-state index contributed by atoms with van der Waals surface area (Å²) < 4.78 is 5.28. The molecular formula is C13H17N5O. The van der Waals surface area contributed by atoms with E-state index < -0.39 is 0 Å². The molecule has 0 aliphatic carbocycles. The minimum Gasteiger partial charge on any atom is -0.332 e. The van der Waals surface area contributed by atoms with Crippen LogP contribution in [0.4, 0.5) is 0 Å². The quantitative estimate of drug-likeness (QED) is 0.881. The van der Waals surface area contributed by atoms with Gasteiger partial charge >= 0.3 is 0 Å². The minimum absolute atomic E-state index is 0.494. The zero-order valence-corrected chi connectivity index (χ0v) is 11.0. The van der Waals surface area contributed by atoms with E-state index in [0.717, 1.165) is 49.9 Å². The first kappa shape index (κ1) is 12.3. The molecule has 2 aromatic heterocycles. The third-order valence-electron chi connectivity index (χ3n) is 3.15. The predicted molar refractivity (Wildman–Crippen MR) is 70.4 cm³/mol. The lowest BCUT2D eigenvalue weighted by atomic mass is 10.3. The van der Waals surface area contributed by atoms with E-state index in [4.69, 9.17) is 4.52 Å². The number of piperazine rings is 1. The average Bonchev–Trinajstić information content (AvgIpc) is 2.88. The highest BCUT2D eigenvalue weighted by atomic mass is 16.5. The topological polar surface area (TPSA) is 67.1 Å². The summed E-state index contributed by atoms with van der Waals surface area (Å²) in [5.74, 6) is 1.22. The molecule has 0 spiro atoms. The Balaban J connectivity index is 1.72. The highest BCUT2D eigenvalue weighted by Crippen LogP contribution is 2.15. The molecule has 0 amide bonds. The Morgan fingerprint density at radius 3 is 2.89 bits per heavy atom. The highest BCUT2D eigenvalue weighted by molar-refractivity contribution is 5.46. The van der Waals surface area contributed by atoms with Gasteiger partial charge in [0.25, 0.3) is 5.89 Å². The molecule has 19 heavy (non-hydrogen) atoms. The number of aryl methyl sites for hydroxylation is 1. The van der Waals surface area contributed by atoms with Crippen molar-refractivity contribution >= 4 is 0 Å². The van der Waals surface area contributed by atoms with Crippen LogP contribution in [0.15, 0.2) is 22.7 Å². The number of rotatable bonds is 3. The lowest BCUT2D eigenvalue weighted by Gasteiger charge is -2.25. The Morgan fingerprint density at radius 2 is 2.11 bits per heavy atom. The summed E-state index contributed by atoms with van der Waals surface area (Å²) in [4.78, 5) is 11.1. The number of hydrogen-bond acceptors (Lipinski definition) is 6. The van der Waals surface area contributed by atoms with Crippen molar-refractivity contribution in [2.75, 3.05) is 26.2 Å². The second-order valence-electron chi connectivity index (χ2n) is 4.71. The van der Waals surface area contributed by atoms with E-state index >= 15 is 0 Å². The summed E-state index contributed by atoms with van der Waals surface area (Å²) in [6.45, 7) is 6.76. The van der Waals surface area contributed by atoms with Gasteiger partial charge in [-0.1, -0.05) is 11.2 Å². The molecule has 1 aliphatic heterocycles. The van der Waals surface area contributed by atoms with Crippen molar-refractivity contribution in [3.8, 4) is 11.6 Å². The molecule has 100 valence electrons. The number of aromatic nitrogens is 3. The minimum atomic E-state index is 0.494. The van der Waals surface area contributed by atoms with Gasteiger partial charge < -0.3 is 9.84 Å². The molecule has 0 bridgehead atoms. The maximum absolute atomic E-state index is 5.28. The zero-order valence-electron chi connectivity index (χ0n) is 11.0. The van der Waals surface area contributed by atoms with Crippen LogP contribution in [0.2, 0.25) is 0 Å². The molecule has 1 N–H and O–H groups in total. The van der Waals surface area contributed by atoms with Crippen LogP contribution in [0.5, 0.6) is 0 Å². The molecule has 0 atom stereocenters. The van der Waals surface area contributed by atoms with Gasteiger partial charge in [0.05, 0.1) is 6.54 Å². The molecule has 0 aromatic carbocycles. The van der Waals surface area contributed by atoms with E-state index in [1.807, 2.05) is 25.1 Å². The van der Waals surface area contributed by atoms with Crippen molar-refractivity contribution in [1.29, 1.82) is 0 Å². The molecule has 2 aromatic rings. The van der Waals surface area contributed by atoms with Gasteiger partial charge in [0.1, 0.15) is 5.69 Å². The largest absolute Gasteiger partial charge is 0.332 e. The molecule has 1 fully saturated rings. The average molecular weight is 259 g/mol. The summed E-state index contributed by atoms with van der Waals surface area (Å²) in [6.07, 6.45) is 0. The van der Waals surface area contributed by atoms with Gasteiger partial charge in [0.2, 0.25) is 0 Å². The fraction of sp³-hybridized carbons (Fsp3) is 0.462. The second-order valence-corrected chi connectivity index (χ2v) is 4.71. The second kappa shape index (κ2) is 5.46. The van der Waals surface area contributed by atoms with Gasteiger partial charge in [0.15, 0.2) is 5.82 Å². The molecule has 1 aliphatic rings. The summed E-state index contributed by atoms with van der Waals surface area (Å²) in [7, 11) is 0. The zero-order chi connectivity index (χ0) is 13.1. The summed E-state index contributed by atoms with van der Waals surface area (Å²) in [6, 6.07) is 5.77. The van der Waals surface area contributed by atoms with Crippen LogP contribution in [0.1, 0.15) is 11.5 Å². The normalized spacial score (nSPS) is 16.7. The highest BCUT2D eigenvalue weighted by Gasteiger charge is 2.15. The standard InChI is InChI=1S/C13H17N5O/c1-10-3-2-4-11(15-10)13-16-12(17-19-13)9-18-7-5-14-6-8-18/h2-4,14H,5-9H2,1H3. The van der Waals surface area contributed by atoms with E-state index in [-0.39, 0.29) is 0 Å². The monoisotopic (exact) mass is 259 g/mol. The van der Waals surface area contributed by atoms with Crippen LogP contribution in [0.25, 0.3) is 11.6 Å². The molecule has 3 heterocycles. The van der Waals surface area contributed by atoms with Crippen LogP contribution in [0, 0.1) is 6.92 Å². The van der Waals surface area contributed by atoms with Crippen molar-refractivity contribution in [3.63, 3.8) is 0 Å². The Bertz CT molecular complexity index is 547. The van der Waals surface area contributed by atoms with Crippen LogP contribution in [-0.2, 0) is 6.54 Å². The first-order valence-corrected chi connectivity index (χ1v) is 6.51. The fourth-order valence-corrected chi connectivity index (χ4v) is 2.15. The lowest BCUT2D eigenvalue weighted by Crippen LogP contribution is -2.43. The van der Waals surface area contributed by atoms with Crippen molar-refractivity contribution in [2.24, 2.45) is 0 Å². The first-order valence-electron chi connectivity index (χ1n) is 6.51. The van der Waals surface area contributed by atoms with Crippen LogP contribution in [0.3, 0.4) is 0 Å². The molecule has 0 saturated carbocycles. The third-order valence-corrected chi connectivity index (χ3v) is 3.15. The van der Waals surface area contributed by atoms with Crippen molar-refractivity contribution in [2.45, 2.75) is 13.5 Å². The van der Waals surface area contributed by atoms with E-state index in [1.54, 1.807) is 0 Å². The van der Waals surface area contributed by atoms with Gasteiger partial charge in [-0.25, -0.2) is 4.98 Å². The lowest BCUT2D eigenvalue weighted by molar-refractivity contribution is 0.225. The molecular weight excluding hydrogens is 242 g/mol. The SMILES string of the molecule is Cc1cccc(-c2nc(CN3CCNCC3)no2)n1. The van der Waals surface area contributed by atoms with Gasteiger partial charge in [-0.3, -0.25) is 4.90 Å². The fourth-order valence-electron chi connectivity index (χ4n) is 2.15. The number of nitrogens with one attached hydrogen (secondary N) is 1. The van der Waals surface area contributed by atoms with Crippen LogP contribution >= 0.6 is 0 Å². The molecule has 0 radical (unpaired) electrons. The summed E-state index contributed by atoms with van der Waals surface area (Å²) in [5, 5.41) is 7.35. The maximum atomic E-state index is 5.28. The van der Waals surface area contributed by atoms with Crippen molar-refractivity contribution < 1.29 is 4.52 Å². The van der Waals surface area contributed by atoms with Gasteiger partial charge in [-0.2, -0.15) is 4.98 Å². The Hall–Kier alpha value is -1.79. The predicted octanol–water partition coefficient (Wildman–Crippen LogP) is 0.845. The van der Waals surface area contributed by atoms with Gasteiger partial charge in [-0.15, -0.1) is 0 Å². The van der Waals surface area contributed by atoms with Crippen molar-refractivity contribution in [1.82, 2.24) is 25.3 Å². The van der Waals surface area contributed by atoms with E-state index in [1.165, 1.54) is 0 Å². The Kier molecular flexibility index (Phi) is 3.52. The molecule has 6 heteroatoms. The number of nitrogens with zero attached hydrogens (tertiary/aromatic N) is 4. The summed E-state index contributed by atoms with van der Waals surface area (Å²) >= 11 is 0. The van der Waals surface area contributed by atoms with Crippen LogP contribution in [-0.4, -0.2) is 46.2 Å². The van der Waals surface area contributed by atoms with Crippen LogP contribution < -0.4 is 5.32 Å². The van der Waals surface area contributed by atoms with Gasteiger partial charge in [0, 0.05) is 31.9 Å². The van der Waals surface area contributed by atoms with Crippen molar-refractivity contribution in [3.05, 3.63) is 29.7 Å². The third kappa shape index (κ3) is 2.97. The van der Waals surface area contributed by atoms with E-state index in [0.29, 0.717) is 5.89 Å². The smallest absolute Gasteiger partial charge is 0.276 e. The Morgan fingerprint density at radius 1 is 1.26 bits per heavy atom. The summed E-state index contributed by atoms with van der Waals surface area (Å²) in [5.41, 5.74) is 1.68. The number of pyridine rings is 1.